The molecule has 0 saturated heterocycles. The van der Waals surface area contributed by atoms with E-state index < -0.39 is 0 Å². The van der Waals surface area contributed by atoms with Crippen molar-refractivity contribution in [3.05, 3.63) is 33.7 Å². The van der Waals surface area contributed by atoms with Crippen LogP contribution >= 0.6 is 22.9 Å². The van der Waals surface area contributed by atoms with Crippen molar-refractivity contribution in [3.63, 3.8) is 0 Å². The van der Waals surface area contributed by atoms with E-state index in [0.717, 1.165) is 22.3 Å². The van der Waals surface area contributed by atoms with Crippen LogP contribution in [0.25, 0.3) is 11.3 Å². The second-order valence-electron chi connectivity index (χ2n) is 3.48. The molecule has 0 bridgehead atoms. The first kappa shape index (κ1) is 9.19. The van der Waals surface area contributed by atoms with Gasteiger partial charge >= 0.3 is 0 Å². The van der Waals surface area contributed by atoms with Gasteiger partial charge < -0.3 is 5.32 Å². The Labute approximate surface area is 96.9 Å². The zero-order chi connectivity index (χ0) is 10.4. The van der Waals surface area contributed by atoms with Gasteiger partial charge in [-0.15, -0.1) is 11.3 Å². The molecule has 15 heavy (non-hydrogen) atoms. The molecular weight excluding hydrogens is 228 g/mol. The number of hydrogen-bond acceptors (Lipinski definition) is 3. The van der Waals surface area contributed by atoms with Crippen LogP contribution in [0.1, 0.15) is 10.4 Å². The molecule has 1 heterocycles. The quantitative estimate of drug-likeness (QED) is 0.701. The van der Waals surface area contributed by atoms with Gasteiger partial charge in [0, 0.05) is 28.9 Å². The summed E-state index contributed by atoms with van der Waals surface area (Å²) >= 11 is 7.86. The second-order valence-corrected chi connectivity index (χ2v) is 4.97. The number of benzene rings is 1. The summed E-state index contributed by atoms with van der Waals surface area (Å²) in [4.78, 5) is 5.85. The minimum absolute atomic E-state index is 0.851. The van der Waals surface area contributed by atoms with Gasteiger partial charge in [0.25, 0.3) is 0 Å². The zero-order valence-corrected chi connectivity index (χ0v) is 9.75. The van der Waals surface area contributed by atoms with Gasteiger partial charge in [0.1, 0.15) is 0 Å². The van der Waals surface area contributed by atoms with Crippen LogP contribution in [-0.2, 0) is 6.42 Å². The number of fused-ring (bicyclic) bond motifs is 3. The van der Waals surface area contributed by atoms with E-state index in [1.165, 1.54) is 16.0 Å². The predicted octanol–water partition coefficient (Wildman–Crippen LogP) is 3.41. The highest BCUT2D eigenvalue weighted by atomic mass is 35.5. The minimum Gasteiger partial charge on any atom is -0.365 e. The third-order valence-corrected chi connectivity index (χ3v) is 4.05. The van der Waals surface area contributed by atoms with Crippen molar-refractivity contribution >= 4 is 28.1 Å². The van der Waals surface area contributed by atoms with E-state index in [-0.39, 0.29) is 0 Å². The molecular formula is C11H9ClN2S. The number of halogens is 1. The smallest absolute Gasteiger partial charge is 0.183 e. The Balaban J connectivity index is 2.21. The van der Waals surface area contributed by atoms with Crippen LogP contribution in [-0.4, -0.2) is 12.0 Å². The Hall–Kier alpha value is -1.06. The molecule has 0 radical (unpaired) electrons. The van der Waals surface area contributed by atoms with E-state index in [1.54, 1.807) is 11.3 Å². The molecule has 1 aromatic heterocycles. The summed E-state index contributed by atoms with van der Waals surface area (Å²) in [6.07, 6.45) is 0.920. The van der Waals surface area contributed by atoms with Gasteiger partial charge in [-0.25, -0.2) is 4.98 Å². The van der Waals surface area contributed by atoms with Crippen molar-refractivity contribution in [1.29, 1.82) is 0 Å². The minimum atomic E-state index is 0.851. The molecule has 2 nitrogen and oxygen atoms in total. The Morgan fingerprint density at radius 1 is 1.47 bits per heavy atom. The van der Waals surface area contributed by atoms with Crippen molar-refractivity contribution in [3.8, 4) is 11.3 Å². The second kappa shape index (κ2) is 3.22. The first-order valence-corrected chi connectivity index (χ1v) is 5.94. The van der Waals surface area contributed by atoms with Gasteiger partial charge in [0.15, 0.2) is 5.13 Å². The summed E-state index contributed by atoms with van der Waals surface area (Å²) in [5.74, 6) is 0. The first-order valence-electron chi connectivity index (χ1n) is 4.75. The van der Waals surface area contributed by atoms with Gasteiger partial charge in [-0.3, -0.25) is 0 Å². The number of hydrogen-bond donors (Lipinski definition) is 1. The molecule has 1 aliphatic rings. The van der Waals surface area contributed by atoms with E-state index >= 15 is 0 Å². The summed E-state index contributed by atoms with van der Waals surface area (Å²) in [7, 11) is 1.90. The van der Waals surface area contributed by atoms with Gasteiger partial charge in [0.2, 0.25) is 0 Å². The molecule has 1 aliphatic carbocycles. The zero-order valence-electron chi connectivity index (χ0n) is 8.17. The van der Waals surface area contributed by atoms with Crippen LogP contribution in [0.5, 0.6) is 0 Å². The molecule has 1 aromatic carbocycles. The molecule has 0 amide bonds. The Morgan fingerprint density at radius 3 is 3.13 bits per heavy atom. The summed E-state index contributed by atoms with van der Waals surface area (Å²) in [6, 6.07) is 6.01. The number of aromatic nitrogens is 1. The number of nitrogens with one attached hydrogen (secondary N) is 1. The number of nitrogens with zero attached hydrogens (tertiary/aromatic N) is 1. The van der Waals surface area contributed by atoms with Gasteiger partial charge in [-0.2, -0.15) is 0 Å². The maximum absolute atomic E-state index is 6.15. The third kappa shape index (κ3) is 1.27. The lowest BCUT2D eigenvalue weighted by molar-refractivity contribution is 1.31. The molecule has 0 spiro atoms. The van der Waals surface area contributed by atoms with Gasteiger partial charge in [-0.1, -0.05) is 23.7 Å². The summed E-state index contributed by atoms with van der Waals surface area (Å²) in [5.41, 5.74) is 3.51. The van der Waals surface area contributed by atoms with E-state index in [1.807, 2.05) is 19.2 Å². The van der Waals surface area contributed by atoms with Crippen LogP contribution in [0.15, 0.2) is 18.2 Å². The van der Waals surface area contributed by atoms with Crippen LogP contribution in [0.2, 0.25) is 5.02 Å². The molecule has 2 aromatic rings. The van der Waals surface area contributed by atoms with Gasteiger partial charge in [-0.05, 0) is 11.6 Å². The molecule has 0 atom stereocenters. The van der Waals surface area contributed by atoms with Crippen molar-refractivity contribution in [1.82, 2.24) is 4.98 Å². The maximum Gasteiger partial charge on any atom is 0.183 e. The third-order valence-electron chi connectivity index (χ3n) is 2.62. The van der Waals surface area contributed by atoms with Crippen LogP contribution < -0.4 is 5.32 Å². The van der Waals surface area contributed by atoms with Crippen molar-refractivity contribution in [2.24, 2.45) is 0 Å². The van der Waals surface area contributed by atoms with Crippen molar-refractivity contribution in [2.45, 2.75) is 6.42 Å². The normalized spacial score (nSPS) is 12.4. The van der Waals surface area contributed by atoms with E-state index in [0.29, 0.717) is 0 Å². The highest BCUT2D eigenvalue weighted by Gasteiger charge is 2.24. The average Bonchev–Trinajstić information content (AvgIpc) is 2.76. The van der Waals surface area contributed by atoms with Crippen LogP contribution in [0.4, 0.5) is 5.13 Å². The predicted molar refractivity (Wildman–Crippen MR) is 64.9 cm³/mol. The van der Waals surface area contributed by atoms with E-state index in [9.17, 15) is 0 Å². The SMILES string of the molecule is CNc1nc2c(s1)Cc1c(Cl)cccc1-2. The number of thiazole rings is 1. The van der Waals surface area contributed by atoms with E-state index in [4.69, 9.17) is 11.6 Å². The fourth-order valence-electron chi connectivity index (χ4n) is 1.91. The Bertz CT molecular complexity index is 533. The van der Waals surface area contributed by atoms with Gasteiger partial charge in [0.05, 0.1) is 5.69 Å². The maximum atomic E-state index is 6.15. The van der Waals surface area contributed by atoms with Crippen LogP contribution in [0.3, 0.4) is 0 Å². The summed E-state index contributed by atoms with van der Waals surface area (Å²) in [5, 5.41) is 4.90. The molecule has 4 heteroatoms. The number of anilines is 1. The Morgan fingerprint density at radius 2 is 2.33 bits per heavy atom. The molecule has 76 valence electrons. The molecule has 0 saturated carbocycles. The fourth-order valence-corrected chi connectivity index (χ4v) is 3.09. The molecule has 1 N–H and O–H groups in total. The summed E-state index contributed by atoms with van der Waals surface area (Å²) in [6.45, 7) is 0. The topological polar surface area (TPSA) is 24.9 Å². The van der Waals surface area contributed by atoms with Crippen molar-refractivity contribution < 1.29 is 0 Å². The Kier molecular flexibility index (Phi) is 1.97. The largest absolute Gasteiger partial charge is 0.365 e. The lowest BCUT2D eigenvalue weighted by Crippen LogP contribution is -1.87. The molecule has 3 rings (SSSR count). The standard InChI is InChI=1S/C11H9ClN2S/c1-13-11-14-10-6-3-2-4-8(12)7(6)5-9(10)15-11/h2-4H,5H2,1H3,(H,13,14). The van der Waals surface area contributed by atoms with Crippen LogP contribution in [0, 0.1) is 0 Å². The molecule has 0 unspecified atom stereocenters. The monoisotopic (exact) mass is 236 g/mol. The van der Waals surface area contributed by atoms with Crippen molar-refractivity contribution in [2.75, 3.05) is 12.4 Å². The fraction of sp³-hybridized carbons (Fsp3) is 0.182. The average molecular weight is 237 g/mol. The highest BCUT2D eigenvalue weighted by molar-refractivity contribution is 7.16. The highest BCUT2D eigenvalue weighted by Crippen LogP contribution is 2.43. The molecule has 0 fully saturated rings. The molecule has 0 aliphatic heterocycles. The lowest BCUT2D eigenvalue weighted by Gasteiger charge is -2.00. The first-order chi connectivity index (χ1) is 7.29. The number of rotatable bonds is 1. The lowest BCUT2D eigenvalue weighted by atomic mass is 10.1. The van der Waals surface area contributed by atoms with E-state index in [2.05, 4.69) is 16.4 Å². The summed E-state index contributed by atoms with van der Waals surface area (Å²) < 4.78 is 0.